The van der Waals surface area contributed by atoms with Crippen LogP contribution in [0.1, 0.15) is 48.9 Å². The summed E-state index contributed by atoms with van der Waals surface area (Å²) in [6.07, 6.45) is 7.23. The first-order valence-corrected chi connectivity index (χ1v) is 11.5. The molecule has 1 amide bonds. The molecule has 0 radical (unpaired) electrons. The molecule has 150 valence electrons. The van der Waals surface area contributed by atoms with Gasteiger partial charge < -0.3 is 10.2 Å². The summed E-state index contributed by atoms with van der Waals surface area (Å²) in [5.41, 5.74) is 0.196. The Balaban J connectivity index is 1.57. The highest BCUT2D eigenvalue weighted by molar-refractivity contribution is 7.89. The zero-order chi connectivity index (χ0) is 19.4. The highest BCUT2D eigenvalue weighted by Crippen LogP contribution is 2.27. The van der Waals surface area contributed by atoms with Crippen LogP contribution in [0.4, 0.5) is 0 Å². The van der Waals surface area contributed by atoms with E-state index in [1.165, 1.54) is 57.5 Å². The number of carbonyl (C=O) groups excluding carboxylic acids is 1. The fourth-order valence-electron chi connectivity index (χ4n) is 4.04. The van der Waals surface area contributed by atoms with Gasteiger partial charge in [0.2, 0.25) is 10.0 Å². The summed E-state index contributed by atoms with van der Waals surface area (Å²) < 4.78 is 26.2. The first-order valence-electron chi connectivity index (χ1n) is 9.65. The van der Waals surface area contributed by atoms with Crippen LogP contribution in [0.3, 0.4) is 0 Å². The van der Waals surface area contributed by atoms with Crippen molar-refractivity contribution in [2.45, 2.75) is 49.5 Å². The fourth-order valence-corrected chi connectivity index (χ4v) is 5.00. The van der Waals surface area contributed by atoms with E-state index in [1.54, 1.807) is 0 Å². The van der Waals surface area contributed by atoms with E-state index in [1.807, 2.05) is 0 Å². The molecule has 1 saturated heterocycles. The average Bonchev–Trinajstić information content (AvgIpc) is 3.16. The number of likely N-dealkylation sites (tertiary alicyclic amines) is 1. The lowest BCUT2D eigenvalue weighted by Gasteiger charge is -2.33. The van der Waals surface area contributed by atoms with E-state index in [-0.39, 0.29) is 27.4 Å². The van der Waals surface area contributed by atoms with Gasteiger partial charge in [0.15, 0.2) is 0 Å². The number of piperidine rings is 1. The molecule has 8 heteroatoms. The fraction of sp³-hybridized carbons (Fsp3) is 0.632. The molecule has 1 aromatic carbocycles. The minimum atomic E-state index is -3.62. The maximum Gasteiger partial charge on any atom is 0.253 e. The van der Waals surface area contributed by atoms with E-state index in [0.717, 1.165) is 31.8 Å². The summed E-state index contributed by atoms with van der Waals surface area (Å²) in [7, 11) is -2.28. The first kappa shape index (κ1) is 20.6. The third kappa shape index (κ3) is 5.22. The van der Waals surface area contributed by atoms with Gasteiger partial charge in [-0.3, -0.25) is 4.79 Å². The smallest absolute Gasteiger partial charge is 0.253 e. The Morgan fingerprint density at radius 1 is 1.19 bits per heavy atom. The number of benzene rings is 1. The van der Waals surface area contributed by atoms with Crippen LogP contribution in [0.2, 0.25) is 5.02 Å². The number of rotatable bonds is 6. The number of nitrogens with zero attached hydrogens (tertiary/aromatic N) is 1. The maximum absolute atomic E-state index is 12.6. The van der Waals surface area contributed by atoms with Gasteiger partial charge in [-0.2, -0.15) is 0 Å². The van der Waals surface area contributed by atoms with Gasteiger partial charge in [0, 0.05) is 25.7 Å². The number of hydrogen-bond acceptors (Lipinski definition) is 4. The van der Waals surface area contributed by atoms with Crippen LogP contribution >= 0.6 is 11.6 Å². The van der Waals surface area contributed by atoms with Gasteiger partial charge in [0.1, 0.15) is 0 Å². The number of sulfonamides is 1. The molecule has 6 nitrogen and oxygen atoms in total. The van der Waals surface area contributed by atoms with Gasteiger partial charge in [-0.15, -0.1) is 0 Å². The van der Waals surface area contributed by atoms with Gasteiger partial charge in [-0.1, -0.05) is 24.4 Å². The summed E-state index contributed by atoms with van der Waals surface area (Å²) in [4.78, 5) is 15.2. The zero-order valence-corrected chi connectivity index (χ0v) is 17.3. The molecule has 0 aromatic heterocycles. The molecule has 1 heterocycles. The number of carbonyl (C=O) groups is 1. The van der Waals surface area contributed by atoms with Gasteiger partial charge in [0.05, 0.1) is 15.5 Å². The van der Waals surface area contributed by atoms with Crippen LogP contribution in [-0.2, 0) is 10.0 Å². The van der Waals surface area contributed by atoms with Crippen LogP contribution in [0.25, 0.3) is 0 Å². The molecule has 1 aliphatic heterocycles. The highest BCUT2D eigenvalue weighted by atomic mass is 35.5. The monoisotopic (exact) mass is 413 g/mol. The largest absolute Gasteiger partial charge is 0.349 e. The SMILES string of the molecule is CNS(=O)(=O)c1ccc(Cl)c(C(=O)NC2CCN(CC3CCCC3)CC2)c1. The van der Waals surface area contributed by atoms with Gasteiger partial charge in [-0.25, -0.2) is 13.1 Å². The predicted molar refractivity (Wildman–Crippen MR) is 107 cm³/mol. The van der Waals surface area contributed by atoms with E-state index in [9.17, 15) is 13.2 Å². The summed E-state index contributed by atoms with van der Waals surface area (Å²) in [5, 5.41) is 3.27. The Morgan fingerprint density at radius 3 is 2.48 bits per heavy atom. The topological polar surface area (TPSA) is 78.5 Å². The molecule has 27 heavy (non-hydrogen) atoms. The normalized spacial score (nSPS) is 20.1. The second kappa shape index (κ2) is 8.90. The van der Waals surface area contributed by atoms with E-state index in [4.69, 9.17) is 11.6 Å². The van der Waals surface area contributed by atoms with Gasteiger partial charge >= 0.3 is 0 Å². The summed E-state index contributed by atoms with van der Waals surface area (Å²) in [6.45, 7) is 3.16. The van der Waals surface area contributed by atoms with Crippen molar-refractivity contribution >= 4 is 27.5 Å². The van der Waals surface area contributed by atoms with E-state index in [2.05, 4.69) is 14.9 Å². The third-order valence-electron chi connectivity index (χ3n) is 5.68. The Labute approximate surface area is 166 Å². The molecular formula is C19H28ClN3O3S. The second-order valence-corrected chi connectivity index (χ2v) is 9.84. The molecule has 1 aliphatic carbocycles. The standard InChI is InChI=1S/C19H28ClN3O3S/c1-21-27(25,26)16-6-7-18(20)17(12-16)19(24)22-15-8-10-23(11-9-15)13-14-4-2-3-5-14/h6-7,12,14-15,21H,2-5,8-11,13H2,1H3,(H,22,24). The molecule has 2 fully saturated rings. The van der Waals surface area contributed by atoms with Crippen molar-refractivity contribution in [2.75, 3.05) is 26.7 Å². The van der Waals surface area contributed by atoms with Crippen molar-refractivity contribution < 1.29 is 13.2 Å². The molecule has 3 rings (SSSR count). The minimum absolute atomic E-state index is 0.0333. The van der Waals surface area contributed by atoms with Crippen LogP contribution in [0.15, 0.2) is 23.1 Å². The molecule has 1 saturated carbocycles. The number of nitrogens with one attached hydrogen (secondary N) is 2. The highest BCUT2D eigenvalue weighted by Gasteiger charge is 2.25. The van der Waals surface area contributed by atoms with Gasteiger partial charge in [0.25, 0.3) is 5.91 Å². The molecule has 2 N–H and O–H groups in total. The van der Waals surface area contributed by atoms with Crippen LogP contribution in [0, 0.1) is 5.92 Å². The van der Waals surface area contributed by atoms with Crippen LogP contribution < -0.4 is 10.0 Å². The van der Waals surface area contributed by atoms with Crippen molar-refractivity contribution in [1.29, 1.82) is 0 Å². The third-order valence-corrected chi connectivity index (χ3v) is 7.42. The predicted octanol–water partition coefficient (Wildman–Crippen LogP) is 2.63. The quantitative estimate of drug-likeness (QED) is 0.751. The Hall–Kier alpha value is -1.15. The summed E-state index contributed by atoms with van der Waals surface area (Å²) in [5.74, 6) is 0.522. The Morgan fingerprint density at radius 2 is 1.85 bits per heavy atom. The van der Waals surface area contributed by atoms with Crippen LogP contribution in [0.5, 0.6) is 0 Å². The Kier molecular flexibility index (Phi) is 6.78. The first-order chi connectivity index (χ1) is 12.9. The van der Waals surface area contributed by atoms with Crippen molar-refractivity contribution in [3.8, 4) is 0 Å². The van der Waals surface area contributed by atoms with Crippen molar-refractivity contribution in [1.82, 2.24) is 14.9 Å². The van der Waals surface area contributed by atoms with Gasteiger partial charge in [-0.05, 0) is 56.8 Å². The maximum atomic E-state index is 12.6. The molecule has 2 aliphatic rings. The average molecular weight is 414 g/mol. The Bertz CT molecular complexity index is 770. The number of halogens is 1. The van der Waals surface area contributed by atoms with Crippen molar-refractivity contribution in [2.24, 2.45) is 5.92 Å². The number of amides is 1. The molecule has 1 aromatic rings. The lowest BCUT2D eigenvalue weighted by atomic mass is 10.0. The summed E-state index contributed by atoms with van der Waals surface area (Å²) in [6, 6.07) is 4.27. The lowest BCUT2D eigenvalue weighted by Crippen LogP contribution is -2.45. The van der Waals surface area contributed by atoms with Crippen molar-refractivity contribution in [3.05, 3.63) is 28.8 Å². The molecule has 0 spiro atoms. The van der Waals surface area contributed by atoms with E-state index < -0.39 is 10.0 Å². The van der Waals surface area contributed by atoms with E-state index in [0.29, 0.717) is 0 Å². The second-order valence-electron chi connectivity index (χ2n) is 7.55. The van der Waals surface area contributed by atoms with E-state index >= 15 is 0 Å². The minimum Gasteiger partial charge on any atom is -0.349 e. The molecule has 0 unspecified atom stereocenters. The summed E-state index contributed by atoms with van der Waals surface area (Å²) >= 11 is 6.14. The van der Waals surface area contributed by atoms with Crippen molar-refractivity contribution in [3.63, 3.8) is 0 Å². The molecular weight excluding hydrogens is 386 g/mol. The number of hydrogen-bond donors (Lipinski definition) is 2. The molecule has 0 atom stereocenters. The van der Waals surface area contributed by atoms with Crippen LogP contribution in [-0.4, -0.2) is 51.9 Å². The zero-order valence-electron chi connectivity index (χ0n) is 15.7. The molecule has 0 bridgehead atoms. The lowest BCUT2D eigenvalue weighted by molar-refractivity contribution is 0.0905.